The topological polar surface area (TPSA) is 9.23 Å². The SMILES string of the molecule is CCOCC#Cc1ccc(/C(F)=C(/F)c2ccc(C)cc2)cc1. The predicted molar refractivity (Wildman–Crippen MR) is 90.0 cm³/mol. The second-order valence-electron chi connectivity index (χ2n) is 5.01. The highest BCUT2D eigenvalue weighted by atomic mass is 19.2. The van der Waals surface area contributed by atoms with Gasteiger partial charge >= 0.3 is 0 Å². The van der Waals surface area contributed by atoms with Gasteiger partial charge < -0.3 is 4.74 Å². The third-order valence-corrected chi connectivity index (χ3v) is 3.25. The Labute approximate surface area is 135 Å². The van der Waals surface area contributed by atoms with Gasteiger partial charge in [-0.2, -0.15) is 0 Å². The maximum absolute atomic E-state index is 14.2. The lowest BCUT2D eigenvalue weighted by Gasteiger charge is -2.03. The van der Waals surface area contributed by atoms with Gasteiger partial charge in [-0.25, -0.2) is 8.78 Å². The lowest BCUT2D eigenvalue weighted by atomic mass is 10.1. The molecule has 0 saturated heterocycles. The molecule has 0 aliphatic carbocycles. The summed E-state index contributed by atoms with van der Waals surface area (Å²) in [6.07, 6.45) is 0. The second kappa shape index (κ2) is 8.26. The fourth-order valence-corrected chi connectivity index (χ4v) is 1.94. The molecule has 2 rings (SSSR count). The molecule has 0 aromatic heterocycles. The van der Waals surface area contributed by atoms with Crippen molar-refractivity contribution in [3.63, 3.8) is 0 Å². The molecule has 1 nitrogen and oxygen atoms in total. The first-order valence-electron chi connectivity index (χ1n) is 7.41. The van der Waals surface area contributed by atoms with E-state index in [2.05, 4.69) is 11.8 Å². The van der Waals surface area contributed by atoms with Gasteiger partial charge in [0.15, 0.2) is 11.7 Å². The molecule has 0 heterocycles. The molecule has 0 atom stereocenters. The smallest absolute Gasteiger partial charge is 0.166 e. The molecule has 0 N–H and O–H groups in total. The maximum Gasteiger partial charge on any atom is 0.166 e. The molecule has 0 spiro atoms. The number of ether oxygens (including phenoxy) is 1. The largest absolute Gasteiger partial charge is 0.369 e. The van der Waals surface area contributed by atoms with Crippen molar-refractivity contribution in [3.05, 3.63) is 70.8 Å². The van der Waals surface area contributed by atoms with Gasteiger partial charge in [0.2, 0.25) is 0 Å². The first-order valence-corrected chi connectivity index (χ1v) is 7.41. The fourth-order valence-electron chi connectivity index (χ4n) is 1.94. The number of rotatable bonds is 4. The molecule has 0 saturated carbocycles. The molecule has 0 unspecified atom stereocenters. The quantitative estimate of drug-likeness (QED) is 0.431. The Kier molecular flexibility index (Phi) is 6.08. The van der Waals surface area contributed by atoms with Crippen molar-refractivity contribution in [3.8, 4) is 11.8 Å². The fraction of sp³-hybridized carbons (Fsp3) is 0.200. The van der Waals surface area contributed by atoms with Gasteiger partial charge in [0.05, 0.1) is 0 Å². The molecule has 0 bridgehead atoms. The first kappa shape index (κ1) is 16.9. The summed E-state index contributed by atoms with van der Waals surface area (Å²) in [5.74, 6) is 4.03. The summed E-state index contributed by atoms with van der Waals surface area (Å²) < 4.78 is 33.6. The molecule has 0 aliphatic rings. The van der Waals surface area contributed by atoms with Crippen LogP contribution in [0.4, 0.5) is 8.78 Å². The third kappa shape index (κ3) is 4.77. The Morgan fingerprint density at radius 3 is 1.96 bits per heavy atom. The highest BCUT2D eigenvalue weighted by molar-refractivity contribution is 5.83. The van der Waals surface area contributed by atoms with E-state index in [4.69, 9.17) is 4.74 Å². The lowest BCUT2D eigenvalue weighted by molar-refractivity contribution is 0.182. The molecule has 0 fully saturated rings. The molecule has 0 amide bonds. The van der Waals surface area contributed by atoms with Crippen molar-refractivity contribution >= 4 is 11.7 Å². The predicted octanol–water partition coefficient (Wildman–Crippen LogP) is 5.15. The minimum Gasteiger partial charge on any atom is -0.369 e. The highest BCUT2D eigenvalue weighted by Crippen LogP contribution is 2.28. The van der Waals surface area contributed by atoms with Crippen molar-refractivity contribution in [2.75, 3.05) is 13.2 Å². The number of aryl methyl sites for hydroxylation is 1. The first-order chi connectivity index (χ1) is 11.1. The van der Waals surface area contributed by atoms with E-state index in [-0.39, 0.29) is 11.1 Å². The molecule has 3 heteroatoms. The summed E-state index contributed by atoms with van der Waals surface area (Å²) in [5.41, 5.74) is 2.15. The molecular weight excluding hydrogens is 294 g/mol. The van der Waals surface area contributed by atoms with Crippen LogP contribution in [0.25, 0.3) is 11.7 Å². The van der Waals surface area contributed by atoms with Crippen LogP contribution < -0.4 is 0 Å². The average molecular weight is 312 g/mol. The molecule has 23 heavy (non-hydrogen) atoms. The van der Waals surface area contributed by atoms with E-state index in [9.17, 15) is 8.78 Å². The van der Waals surface area contributed by atoms with Crippen LogP contribution in [0, 0.1) is 18.8 Å². The summed E-state index contributed by atoms with van der Waals surface area (Å²) in [6.45, 7) is 4.76. The van der Waals surface area contributed by atoms with Crippen LogP contribution in [-0.4, -0.2) is 13.2 Å². The van der Waals surface area contributed by atoms with Crippen molar-refractivity contribution in [2.24, 2.45) is 0 Å². The van der Waals surface area contributed by atoms with Crippen molar-refractivity contribution in [1.29, 1.82) is 0 Å². The van der Waals surface area contributed by atoms with Crippen LogP contribution in [0.3, 0.4) is 0 Å². The van der Waals surface area contributed by atoms with Gasteiger partial charge in [0.1, 0.15) is 6.61 Å². The zero-order chi connectivity index (χ0) is 16.7. The highest BCUT2D eigenvalue weighted by Gasteiger charge is 2.11. The lowest BCUT2D eigenvalue weighted by Crippen LogP contribution is -1.89. The number of hydrogen-bond donors (Lipinski definition) is 0. The minimum atomic E-state index is -0.873. The second-order valence-corrected chi connectivity index (χ2v) is 5.01. The summed E-state index contributed by atoms with van der Waals surface area (Å²) >= 11 is 0. The van der Waals surface area contributed by atoms with Crippen LogP contribution in [0.15, 0.2) is 48.5 Å². The van der Waals surface area contributed by atoms with Crippen LogP contribution in [-0.2, 0) is 4.74 Å². The Hall–Kier alpha value is -2.44. The number of halogens is 2. The molecule has 0 radical (unpaired) electrons. The van der Waals surface area contributed by atoms with E-state index in [0.29, 0.717) is 13.2 Å². The van der Waals surface area contributed by atoms with Gasteiger partial charge in [0.25, 0.3) is 0 Å². The van der Waals surface area contributed by atoms with Crippen molar-refractivity contribution in [1.82, 2.24) is 0 Å². The van der Waals surface area contributed by atoms with Crippen molar-refractivity contribution in [2.45, 2.75) is 13.8 Å². The van der Waals surface area contributed by atoms with Gasteiger partial charge in [-0.3, -0.25) is 0 Å². The third-order valence-electron chi connectivity index (χ3n) is 3.25. The van der Waals surface area contributed by atoms with Gasteiger partial charge in [0, 0.05) is 23.3 Å². The van der Waals surface area contributed by atoms with Gasteiger partial charge in [-0.05, 0) is 26.0 Å². The Bertz CT molecular complexity index is 732. The van der Waals surface area contributed by atoms with Crippen LogP contribution >= 0.6 is 0 Å². The zero-order valence-electron chi connectivity index (χ0n) is 13.2. The van der Waals surface area contributed by atoms with Gasteiger partial charge in [-0.15, -0.1) is 0 Å². The Morgan fingerprint density at radius 2 is 1.43 bits per heavy atom. The normalized spacial score (nSPS) is 11.5. The molecule has 0 aliphatic heterocycles. The monoisotopic (exact) mass is 312 g/mol. The molecule has 2 aromatic rings. The number of hydrogen-bond acceptors (Lipinski definition) is 1. The van der Waals surface area contributed by atoms with Crippen LogP contribution in [0.1, 0.15) is 29.2 Å². The van der Waals surface area contributed by atoms with Gasteiger partial charge in [-0.1, -0.05) is 53.8 Å². The van der Waals surface area contributed by atoms with Crippen LogP contribution in [0.5, 0.6) is 0 Å². The summed E-state index contributed by atoms with van der Waals surface area (Å²) in [4.78, 5) is 0. The summed E-state index contributed by atoms with van der Waals surface area (Å²) in [7, 11) is 0. The van der Waals surface area contributed by atoms with E-state index in [0.717, 1.165) is 11.1 Å². The van der Waals surface area contributed by atoms with E-state index in [1.807, 2.05) is 13.8 Å². The van der Waals surface area contributed by atoms with E-state index >= 15 is 0 Å². The standard InChI is InChI=1S/C20H18F2O/c1-3-23-14-4-5-16-8-12-18(13-9-16)20(22)19(21)17-10-6-15(2)7-11-17/h6-13H,3,14H2,1-2H3/b20-19-. The molecular formula is C20H18F2O. The average Bonchev–Trinajstić information content (AvgIpc) is 2.59. The number of benzene rings is 2. The zero-order valence-corrected chi connectivity index (χ0v) is 13.2. The van der Waals surface area contributed by atoms with E-state index < -0.39 is 11.7 Å². The van der Waals surface area contributed by atoms with Crippen LogP contribution in [0.2, 0.25) is 0 Å². The maximum atomic E-state index is 14.2. The minimum absolute atomic E-state index is 0.193. The molecule has 2 aromatic carbocycles. The van der Waals surface area contributed by atoms with E-state index in [1.54, 1.807) is 36.4 Å². The van der Waals surface area contributed by atoms with Crippen molar-refractivity contribution < 1.29 is 13.5 Å². The molecule has 118 valence electrons. The summed E-state index contributed by atoms with van der Waals surface area (Å²) in [5, 5.41) is 0. The van der Waals surface area contributed by atoms with E-state index in [1.165, 1.54) is 12.1 Å². The Morgan fingerprint density at radius 1 is 0.913 bits per heavy atom. The summed E-state index contributed by atoms with van der Waals surface area (Å²) in [6, 6.07) is 13.0. The Balaban J connectivity index is 2.18.